The lowest BCUT2D eigenvalue weighted by atomic mass is 10.1. The molecule has 3 heterocycles. The summed E-state index contributed by atoms with van der Waals surface area (Å²) in [5.41, 5.74) is 1.48. The zero-order valence-electron chi connectivity index (χ0n) is 14.2. The van der Waals surface area contributed by atoms with Crippen molar-refractivity contribution < 1.29 is 13.2 Å². The SMILES string of the molecule is CC(=O)c1ccc(S(=O)(=O)N2CCn3cccc3C2c2cccs2)cc1. The number of sulfonamides is 1. The monoisotopic (exact) mass is 386 g/mol. The van der Waals surface area contributed by atoms with Crippen LogP contribution in [0.1, 0.15) is 33.9 Å². The number of carbonyl (C=O) groups is 1. The zero-order chi connectivity index (χ0) is 18.3. The molecule has 0 saturated heterocycles. The Labute approximate surface area is 156 Å². The minimum atomic E-state index is -3.68. The molecule has 1 atom stereocenters. The van der Waals surface area contributed by atoms with Crippen LogP contribution >= 0.6 is 11.3 Å². The van der Waals surface area contributed by atoms with E-state index in [0.717, 1.165) is 10.6 Å². The van der Waals surface area contributed by atoms with Crippen LogP contribution < -0.4 is 0 Å². The summed E-state index contributed by atoms with van der Waals surface area (Å²) in [6.45, 7) is 2.49. The van der Waals surface area contributed by atoms with Gasteiger partial charge in [-0.1, -0.05) is 18.2 Å². The molecule has 1 aliphatic heterocycles. The van der Waals surface area contributed by atoms with Crippen molar-refractivity contribution in [2.45, 2.75) is 24.4 Å². The maximum absolute atomic E-state index is 13.3. The average molecular weight is 386 g/mol. The van der Waals surface area contributed by atoms with Gasteiger partial charge in [0.25, 0.3) is 0 Å². The first-order valence-electron chi connectivity index (χ1n) is 8.30. The highest BCUT2D eigenvalue weighted by atomic mass is 32.2. The van der Waals surface area contributed by atoms with Gasteiger partial charge in [-0.05, 0) is 42.6 Å². The third kappa shape index (κ3) is 2.82. The van der Waals surface area contributed by atoms with Crippen LogP contribution in [0.25, 0.3) is 0 Å². The van der Waals surface area contributed by atoms with E-state index in [1.54, 1.807) is 27.8 Å². The minimum absolute atomic E-state index is 0.0822. The van der Waals surface area contributed by atoms with E-state index < -0.39 is 10.0 Å². The molecule has 0 N–H and O–H groups in total. The fourth-order valence-electron chi connectivity index (χ4n) is 3.35. The Morgan fingerprint density at radius 1 is 1.08 bits per heavy atom. The number of ketones is 1. The Bertz CT molecular complexity index is 1030. The van der Waals surface area contributed by atoms with Crippen molar-refractivity contribution in [1.29, 1.82) is 0 Å². The van der Waals surface area contributed by atoms with Crippen molar-refractivity contribution in [2.24, 2.45) is 0 Å². The molecular formula is C19H18N2O3S2. The lowest BCUT2D eigenvalue weighted by Gasteiger charge is -2.35. The summed E-state index contributed by atoms with van der Waals surface area (Å²) in [5, 5.41) is 1.96. The van der Waals surface area contributed by atoms with Gasteiger partial charge in [0.15, 0.2) is 5.78 Å². The average Bonchev–Trinajstić information content (AvgIpc) is 3.32. The maximum atomic E-state index is 13.3. The fraction of sp³-hybridized carbons (Fsp3) is 0.211. The highest BCUT2D eigenvalue weighted by molar-refractivity contribution is 7.89. The minimum Gasteiger partial charge on any atom is -0.348 e. The van der Waals surface area contributed by atoms with Gasteiger partial charge in [0.05, 0.1) is 10.9 Å². The summed E-state index contributed by atoms with van der Waals surface area (Å²) in [7, 11) is -3.68. The molecule has 2 aromatic heterocycles. The first-order chi connectivity index (χ1) is 12.5. The van der Waals surface area contributed by atoms with Gasteiger partial charge < -0.3 is 4.57 Å². The Balaban J connectivity index is 1.78. The lowest BCUT2D eigenvalue weighted by Crippen LogP contribution is -2.42. The predicted octanol–water partition coefficient (Wildman–Crippen LogP) is 3.55. The number of carbonyl (C=O) groups excluding carboxylic acids is 1. The van der Waals surface area contributed by atoms with Gasteiger partial charge in [0.2, 0.25) is 10.0 Å². The molecule has 0 fully saturated rings. The summed E-state index contributed by atoms with van der Waals surface area (Å²) in [5.74, 6) is -0.0822. The summed E-state index contributed by atoms with van der Waals surface area (Å²) >= 11 is 1.55. The highest BCUT2D eigenvalue weighted by Gasteiger charge is 2.38. The topological polar surface area (TPSA) is 59.4 Å². The number of Topliss-reactive ketones (excluding diaryl/α,β-unsaturated/α-hetero) is 1. The molecule has 0 aliphatic carbocycles. The lowest BCUT2D eigenvalue weighted by molar-refractivity contribution is 0.101. The molecule has 5 nitrogen and oxygen atoms in total. The highest BCUT2D eigenvalue weighted by Crippen LogP contribution is 2.38. The molecule has 7 heteroatoms. The van der Waals surface area contributed by atoms with Crippen LogP contribution in [0.15, 0.2) is 65.0 Å². The van der Waals surface area contributed by atoms with E-state index in [1.807, 2.05) is 35.8 Å². The number of nitrogens with zero attached hydrogens (tertiary/aromatic N) is 2. The third-order valence-electron chi connectivity index (χ3n) is 4.67. The Kier molecular flexibility index (Phi) is 4.30. The normalized spacial score (nSPS) is 17.8. The van der Waals surface area contributed by atoms with E-state index in [9.17, 15) is 13.2 Å². The van der Waals surface area contributed by atoms with Crippen LogP contribution in [0.2, 0.25) is 0 Å². The molecule has 4 rings (SSSR count). The van der Waals surface area contributed by atoms with E-state index in [-0.39, 0.29) is 16.7 Å². The fourth-order valence-corrected chi connectivity index (χ4v) is 5.84. The quantitative estimate of drug-likeness (QED) is 0.645. The molecule has 0 radical (unpaired) electrons. The van der Waals surface area contributed by atoms with E-state index in [2.05, 4.69) is 4.57 Å². The molecule has 1 unspecified atom stereocenters. The van der Waals surface area contributed by atoms with Crippen LogP contribution in [-0.4, -0.2) is 29.6 Å². The van der Waals surface area contributed by atoms with Crippen LogP contribution in [0, 0.1) is 0 Å². The van der Waals surface area contributed by atoms with Crippen LogP contribution in [0.5, 0.6) is 0 Å². The van der Waals surface area contributed by atoms with E-state index in [1.165, 1.54) is 19.1 Å². The Hall–Kier alpha value is -2.22. The third-order valence-corrected chi connectivity index (χ3v) is 7.48. The maximum Gasteiger partial charge on any atom is 0.244 e. The largest absolute Gasteiger partial charge is 0.348 e. The second-order valence-corrected chi connectivity index (χ2v) is 9.11. The smallest absolute Gasteiger partial charge is 0.244 e. The van der Waals surface area contributed by atoms with E-state index in [4.69, 9.17) is 0 Å². The van der Waals surface area contributed by atoms with Crippen LogP contribution in [-0.2, 0) is 16.6 Å². The van der Waals surface area contributed by atoms with Gasteiger partial charge in [-0.2, -0.15) is 4.31 Å². The number of fused-ring (bicyclic) bond motifs is 1. The van der Waals surface area contributed by atoms with Gasteiger partial charge >= 0.3 is 0 Å². The van der Waals surface area contributed by atoms with Crippen molar-refractivity contribution in [3.05, 3.63) is 76.2 Å². The summed E-state index contributed by atoms with van der Waals surface area (Å²) < 4.78 is 30.4. The molecule has 0 spiro atoms. The van der Waals surface area contributed by atoms with Gasteiger partial charge in [0, 0.05) is 35.4 Å². The van der Waals surface area contributed by atoms with Crippen molar-refractivity contribution >= 4 is 27.1 Å². The van der Waals surface area contributed by atoms with Gasteiger partial charge in [-0.15, -0.1) is 11.3 Å². The van der Waals surface area contributed by atoms with Gasteiger partial charge in [0.1, 0.15) is 0 Å². The summed E-state index contributed by atoms with van der Waals surface area (Å²) in [6.07, 6.45) is 1.99. The Morgan fingerprint density at radius 2 is 1.85 bits per heavy atom. The number of thiophene rings is 1. The molecule has 134 valence electrons. The van der Waals surface area contributed by atoms with E-state index in [0.29, 0.717) is 18.7 Å². The van der Waals surface area contributed by atoms with Gasteiger partial charge in [-0.3, -0.25) is 4.79 Å². The number of hydrogen-bond donors (Lipinski definition) is 0. The summed E-state index contributed by atoms with van der Waals surface area (Å²) in [6, 6.07) is 13.7. The van der Waals surface area contributed by atoms with Gasteiger partial charge in [-0.25, -0.2) is 8.42 Å². The van der Waals surface area contributed by atoms with Crippen LogP contribution in [0.4, 0.5) is 0 Å². The number of hydrogen-bond acceptors (Lipinski definition) is 4. The van der Waals surface area contributed by atoms with Crippen molar-refractivity contribution in [3.63, 3.8) is 0 Å². The van der Waals surface area contributed by atoms with Crippen LogP contribution in [0.3, 0.4) is 0 Å². The number of aromatic nitrogens is 1. The molecule has 0 saturated carbocycles. The standard InChI is InChI=1S/C19H18N2O3S2/c1-14(22)15-6-8-16(9-7-15)26(23,24)21-12-11-20-10-2-4-17(20)19(21)18-5-3-13-25-18/h2-10,13,19H,11-12H2,1H3. The molecule has 0 bridgehead atoms. The van der Waals surface area contributed by atoms with Crippen molar-refractivity contribution in [1.82, 2.24) is 8.87 Å². The molecule has 26 heavy (non-hydrogen) atoms. The number of rotatable bonds is 4. The summed E-state index contributed by atoms with van der Waals surface area (Å²) in [4.78, 5) is 12.7. The predicted molar refractivity (Wildman–Crippen MR) is 101 cm³/mol. The Morgan fingerprint density at radius 3 is 2.50 bits per heavy atom. The second-order valence-electron chi connectivity index (χ2n) is 6.24. The van der Waals surface area contributed by atoms with E-state index >= 15 is 0 Å². The molecular weight excluding hydrogens is 368 g/mol. The number of benzene rings is 1. The van der Waals surface area contributed by atoms with Crippen molar-refractivity contribution in [3.8, 4) is 0 Å². The molecule has 1 aromatic carbocycles. The van der Waals surface area contributed by atoms with Crippen molar-refractivity contribution in [2.75, 3.05) is 6.54 Å². The first kappa shape index (κ1) is 17.2. The molecule has 0 amide bonds. The molecule has 1 aliphatic rings. The molecule has 3 aromatic rings. The second kappa shape index (κ2) is 6.50. The zero-order valence-corrected chi connectivity index (χ0v) is 15.8. The first-order valence-corrected chi connectivity index (χ1v) is 10.6.